The van der Waals surface area contributed by atoms with Crippen molar-refractivity contribution in [3.8, 4) is 0 Å². The molecule has 2 aromatic heterocycles. The van der Waals surface area contributed by atoms with Crippen molar-refractivity contribution in [2.24, 2.45) is 0 Å². The van der Waals surface area contributed by atoms with Gasteiger partial charge >= 0.3 is 0 Å². The number of nitrogens with zero attached hydrogens (tertiary/aromatic N) is 3. The quantitative estimate of drug-likeness (QED) is 0.848. The van der Waals surface area contributed by atoms with E-state index in [-0.39, 0.29) is 17.3 Å². The van der Waals surface area contributed by atoms with Crippen molar-refractivity contribution in [3.05, 3.63) is 54.6 Å². The lowest BCUT2D eigenvalue weighted by Gasteiger charge is -2.23. The van der Waals surface area contributed by atoms with Crippen LogP contribution in [0.5, 0.6) is 0 Å². The Kier molecular flexibility index (Phi) is 4.88. The fourth-order valence-corrected chi connectivity index (χ4v) is 2.67. The number of aliphatic hydroxyl groups is 1. The molecule has 23 heavy (non-hydrogen) atoms. The van der Waals surface area contributed by atoms with Gasteiger partial charge in [0, 0.05) is 42.2 Å². The predicted octanol–water partition coefficient (Wildman–Crippen LogP) is 0.986. The van der Waals surface area contributed by atoms with Crippen LogP contribution >= 0.6 is 12.4 Å². The third-order valence-electron chi connectivity index (χ3n) is 3.27. The van der Waals surface area contributed by atoms with Crippen LogP contribution in [0.3, 0.4) is 0 Å². The summed E-state index contributed by atoms with van der Waals surface area (Å²) in [5.74, 6) is 0.412. The van der Waals surface area contributed by atoms with Gasteiger partial charge in [-0.25, -0.2) is 18.4 Å². The molecule has 3 heterocycles. The highest BCUT2D eigenvalue weighted by molar-refractivity contribution is 7.90. The number of hydrogen-bond donors (Lipinski definition) is 2. The first-order valence-corrected chi connectivity index (χ1v) is 8.36. The first-order chi connectivity index (χ1) is 10.5. The van der Waals surface area contributed by atoms with Crippen molar-refractivity contribution < 1.29 is 13.5 Å². The third-order valence-corrected chi connectivity index (χ3v) is 4.37. The largest absolute Gasteiger partial charge is 0.368 e. The molecule has 2 N–H and O–H groups in total. The van der Waals surface area contributed by atoms with Gasteiger partial charge in [-0.2, -0.15) is 0 Å². The molecule has 0 fully saturated rings. The Morgan fingerprint density at radius 3 is 2.61 bits per heavy atom. The van der Waals surface area contributed by atoms with E-state index in [0.29, 0.717) is 11.4 Å². The molecular weight excluding hydrogens is 340 g/mol. The molecule has 7 nitrogen and oxygen atoms in total. The number of sulfone groups is 1. The number of hydrazine groups is 1. The maximum Gasteiger partial charge on any atom is 0.177 e. The van der Waals surface area contributed by atoms with Crippen molar-refractivity contribution in [2.75, 3.05) is 11.3 Å². The first kappa shape index (κ1) is 17.2. The summed E-state index contributed by atoms with van der Waals surface area (Å²) >= 11 is 0. The molecule has 1 aliphatic rings. The van der Waals surface area contributed by atoms with Crippen molar-refractivity contribution in [1.82, 2.24) is 15.4 Å². The van der Waals surface area contributed by atoms with Gasteiger partial charge < -0.3 is 10.5 Å². The zero-order chi connectivity index (χ0) is 15.7. The normalized spacial score (nSPS) is 17.2. The lowest BCUT2D eigenvalue weighted by Crippen LogP contribution is -2.38. The minimum absolute atomic E-state index is 0. The molecule has 122 valence electrons. The molecule has 0 amide bonds. The minimum atomic E-state index is -3.30. The number of aromatic nitrogens is 2. The van der Waals surface area contributed by atoms with Crippen LogP contribution < -0.4 is 10.4 Å². The highest BCUT2D eigenvalue weighted by Gasteiger charge is 2.27. The van der Waals surface area contributed by atoms with Crippen LogP contribution in [-0.2, 0) is 9.84 Å². The Labute approximate surface area is 140 Å². The Bertz CT molecular complexity index is 810. The molecule has 0 aromatic carbocycles. The van der Waals surface area contributed by atoms with Crippen LogP contribution in [0, 0.1) is 0 Å². The molecule has 1 aliphatic heterocycles. The maximum atomic E-state index is 11.4. The average Bonchev–Trinajstić information content (AvgIpc) is 2.89. The second-order valence-electron chi connectivity index (χ2n) is 4.84. The first-order valence-electron chi connectivity index (χ1n) is 6.47. The predicted molar refractivity (Wildman–Crippen MR) is 88.4 cm³/mol. The van der Waals surface area contributed by atoms with Crippen LogP contribution in [-0.4, -0.2) is 36.0 Å². The van der Waals surface area contributed by atoms with Gasteiger partial charge in [0.05, 0.1) is 4.90 Å². The van der Waals surface area contributed by atoms with Gasteiger partial charge in [0.25, 0.3) is 0 Å². The van der Waals surface area contributed by atoms with Crippen LogP contribution in [0.2, 0.25) is 0 Å². The summed E-state index contributed by atoms with van der Waals surface area (Å²) in [6, 6.07) is 6.61. The van der Waals surface area contributed by atoms with E-state index in [0.717, 1.165) is 11.8 Å². The monoisotopic (exact) mass is 354 g/mol. The van der Waals surface area contributed by atoms with E-state index in [4.69, 9.17) is 0 Å². The smallest absolute Gasteiger partial charge is 0.177 e. The van der Waals surface area contributed by atoms with Gasteiger partial charge in [0.1, 0.15) is 5.82 Å². The van der Waals surface area contributed by atoms with Crippen LogP contribution in [0.25, 0.3) is 5.57 Å². The van der Waals surface area contributed by atoms with Crippen molar-refractivity contribution in [2.45, 2.75) is 11.1 Å². The zero-order valence-corrected chi connectivity index (χ0v) is 13.8. The van der Waals surface area contributed by atoms with E-state index in [1.807, 2.05) is 6.07 Å². The van der Waals surface area contributed by atoms with Gasteiger partial charge in [-0.3, -0.25) is 4.98 Å². The van der Waals surface area contributed by atoms with Gasteiger partial charge in [0.2, 0.25) is 0 Å². The topological polar surface area (TPSA) is 95.4 Å². The van der Waals surface area contributed by atoms with Gasteiger partial charge in [-0.1, -0.05) is 6.07 Å². The number of halogens is 1. The van der Waals surface area contributed by atoms with Crippen LogP contribution in [0.1, 0.15) is 5.56 Å². The van der Waals surface area contributed by atoms with Gasteiger partial charge in [0.15, 0.2) is 16.1 Å². The molecule has 0 saturated carbocycles. The van der Waals surface area contributed by atoms with E-state index in [9.17, 15) is 13.5 Å². The Balaban J connectivity index is 0.00000192. The Hall–Kier alpha value is -2.16. The molecule has 1 unspecified atom stereocenters. The second-order valence-corrected chi connectivity index (χ2v) is 6.85. The maximum absolute atomic E-state index is 11.4. The Morgan fingerprint density at radius 2 is 2.04 bits per heavy atom. The van der Waals surface area contributed by atoms with Crippen molar-refractivity contribution in [3.63, 3.8) is 0 Å². The highest BCUT2D eigenvalue weighted by atomic mass is 35.5. The fourth-order valence-electron chi connectivity index (χ4n) is 2.11. The lowest BCUT2D eigenvalue weighted by atomic mass is 10.1. The summed E-state index contributed by atoms with van der Waals surface area (Å²) in [6.07, 6.45) is 6.41. The van der Waals surface area contributed by atoms with Crippen molar-refractivity contribution in [1.29, 1.82) is 0 Å². The van der Waals surface area contributed by atoms with Crippen molar-refractivity contribution >= 4 is 33.6 Å². The molecule has 0 radical (unpaired) electrons. The van der Waals surface area contributed by atoms with E-state index in [2.05, 4.69) is 15.4 Å². The van der Waals surface area contributed by atoms with Crippen LogP contribution in [0.4, 0.5) is 5.82 Å². The standard InChI is InChI=1S/C14H14N4O3S.ClH/c1-22(20,21)11-4-5-13(16-8-11)18-14(19)12(9-17-18)10-3-2-6-15-7-10;/h2-9,14,17,19H,1H3;1H. The molecule has 2 aromatic rings. The van der Waals surface area contributed by atoms with E-state index >= 15 is 0 Å². The molecule has 0 saturated heterocycles. The Morgan fingerprint density at radius 1 is 1.26 bits per heavy atom. The number of anilines is 1. The molecule has 0 aliphatic carbocycles. The summed E-state index contributed by atoms with van der Waals surface area (Å²) in [5, 5.41) is 11.8. The van der Waals surface area contributed by atoms with E-state index in [1.165, 1.54) is 23.3 Å². The molecule has 0 bridgehead atoms. The fraction of sp³-hybridized carbons (Fsp3) is 0.143. The number of aliphatic hydroxyl groups excluding tert-OH is 1. The lowest BCUT2D eigenvalue weighted by molar-refractivity contribution is 0.225. The number of hydrogen-bond acceptors (Lipinski definition) is 7. The minimum Gasteiger partial charge on any atom is -0.368 e. The highest BCUT2D eigenvalue weighted by Crippen LogP contribution is 2.26. The van der Waals surface area contributed by atoms with Crippen LogP contribution in [0.15, 0.2) is 54.0 Å². The van der Waals surface area contributed by atoms with Gasteiger partial charge in [-0.15, -0.1) is 12.4 Å². The van der Waals surface area contributed by atoms with E-state index < -0.39 is 16.1 Å². The number of rotatable bonds is 3. The average molecular weight is 355 g/mol. The third kappa shape index (κ3) is 3.44. The molecule has 0 spiro atoms. The summed E-state index contributed by atoms with van der Waals surface area (Å²) in [7, 11) is -3.30. The molecule has 9 heteroatoms. The summed E-state index contributed by atoms with van der Waals surface area (Å²) < 4.78 is 22.9. The SMILES string of the molecule is CS(=O)(=O)c1ccc(N2NC=C(c3cccnc3)C2O)nc1.Cl. The number of nitrogens with one attached hydrogen (secondary N) is 1. The zero-order valence-electron chi connectivity index (χ0n) is 12.1. The second kappa shape index (κ2) is 6.53. The summed E-state index contributed by atoms with van der Waals surface area (Å²) in [5.41, 5.74) is 4.36. The summed E-state index contributed by atoms with van der Waals surface area (Å²) in [6.45, 7) is 0. The molecular formula is C14H15ClN4O3S. The van der Waals surface area contributed by atoms with E-state index in [1.54, 1.807) is 24.7 Å². The van der Waals surface area contributed by atoms with Gasteiger partial charge in [-0.05, 0) is 18.2 Å². The number of pyridine rings is 2. The molecule has 1 atom stereocenters. The summed E-state index contributed by atoms with van der Waals surface area (Å²) in [4.78, 5) is 8.23. The molecule has 3 rings (SSSR count).